The predicted molar refractivity (Wildman–Crippen MR) is 54.1 cm³/mol. The van der Waals surface area contributed by atoms with E-state index in [1.54, 1.807) is 18.4 Å². The Balaban J connectivity index is 2.67. The van der Waals surface area contributed by atoms with E-state index in [0.717, 1.165) is 21.0 Å². The normalized spacial score (nSPS) is 10.6. The lowest BCUT2D eigenvalue weighted by atomic mass is 10.3. The zero-order valence-corrected chi connectivity index (χ0v) is 8.10. The Labute approximate surface area is 80.2 Å². The number of para-hydroxylation sites is 1. The third-order valence-electron chi connectivity index (χ3n) is 1.82. The average Bonchev–Trinajstić information content (AvgIpc) is 2.59. The smallest absolute Gasteiger partial charge is 0.145 e. The predicted octanol–water partition coefficient (Wildman–Crippen LogP) is 1.76. The molecule has 0 bridgehead atoms. The highest BCUT2D eigenvalue weighted by molar-refractivity contribution is 7.18. The molecule has 0 fully saturated rings. The summed E-state index contributed by atoms with van der Waals surface area (Å²) in [5.74, 6) is 0.813. The topological polar surface area (TPSA) is 48.1 Å². The van der Waals surface area contributed by atoms with Crippen molar-refractivity contribution in [3.8, 4) is 5.75 Å². The summed E-state index contributed by atoms with van der Waals surface area (Å²) in [5, 5.41) is 0.944. The van der Waals surface area contributed by atoms with Crippen LogP contribution in [-0.4, -0.2) is 12.1 Å². The van der Waals surface area contributed by atoms with Crippen molar-refractivity contribution in [3.63, 3.8) is 0 Å². The van der Waals surface area contributed by atoms with Gasteiger partial charge in [-0.2, -0.15) is 0 Å². The van der Waals surface area contributed by atoms with Crippen molar-refractivity contribution in [2.75, 3.05) is 7.11 Å². The molecule has 0 amide bonds. The van der Waals surface area contributed by atoms with E-state index in [1.807, 2.05) is 18.2 Å². The minimum atomic E-state index is 0.489. The maximum Gasteiger partial charge on any atom is 0.145 e. The summed E-state index contributed by atoms with van der Waals surface area (Å²) >= 11 is 1.61. The zero-order valence-electron chi connectivity index (χ0n) is 7.28. The van der Waals surface area contributed by atoms with Gasteiger partial charge in [-0.1, -0.05) is 6.07 Å². The van der Waals surface area contributed by atoms with E-state index in [9.17, 15) is 0 Å². The lowest BCUT2D eigenvalue weighted by molar-refractivity contribution is 0.419. The van der Waals surface area contributed by atoms with Crippen LogP contribution in [0, 0.1) is 0 Å². The average molecular weight is 194 g/mol. The monoisotopic (exact) mass is 194 g/mol. The van der Waals surface area contributed by atoms with Crippen LogP contribution in [0.3, 0.4) is 0 Å². The molecule has 1 heterocycles. The zero-order chi connectivity index (χ0) is 9.26. The first-order valence-electron chi connectivity index (χ1n) is 3.97. The van der Waals surface area contributed by atoms with Gasteiger partial charge in [0.1, 0.15) is 16.3 Å². The molecule has 0 unspecified atom stereocenters. The van der Waals surface area contributed by atoms with E-state index < -0.39 is 0 Å². The van der Waals surface area contributed by atoms with Crippen LogP contribution in [0.5, 0.6) is 5.75 Å². The molecule has 0 spiro atoms. The molecule has 0 aliphatic carbocycles. The molecule has 0 aliphatic heterocycles. The maximum atomic E-state index is 5.51. The highest BCUT2D eigenvalue weighted by Gasteiger charge is 2.06. The van der Waals surface area contributed by atoms with E-state index in [-0.39, 0.29) is 0 Å². The highest BCUT2D eigenvalue weighted by atomic mass is 32.1. The van der Waals surface area contributed by atoms with Gasteiger partial charge < -0.3 is 10.5 Å². The number of rotatable bonds is 2. The molecule has 3 nitrogen and oxygen atoms in total. The first kappa shape index (κ1) is 8.47. The number of aromatic nitrogens is 1. The van der Waals surface area contributed by atoms with Crippen LogP contribution in [0.2, 0.25) is 0 Å². The minimum Gasteiger partial charge on any atom is -0.494 e. The fourth-order valence-electron chi connectivity index (χ4n) is 1.22. The molecule has 0 radical (unpaired) electrons. The number of thiazole rings is 1. The van der Waals surface area contributed by atoms with Crippen LogP contribution in [-0.2, 0) is 6.54 Å². The Morgan fingerprint density at radius 2 is 2.38 bits per heavy atom. The second-order valence-electron chi connectivity index (χ2n) is 2.62. The van der Waals surface area contributed by atoms with Gasteiger partial charge in [0.05, 0.1) is 11.8 Å². The van der Waals surface area contributed by atoms with E-state index in [1.165, 1.54) is 0 Å². The standard InChI is InChI=1S/C9H10N2OS/c1-12-6-3-2-4-7-9(6)11-8(5-10)13-7/h2-4H,5,10H2,1H3. The quantitative estimate of drug-likeness (QED) is 0.792. The van der Waals surface area contributed by atoms with Crippen LogP contribution in [0.15, 0.2) is 18.2 Å². The van der Waals surface area contributed by atoms with Crippen molar-refractivity contribution in [2.45, 2.75) is 6.54 Å². The fraction of sp³-hybridized carbons (Fsp3) is 0.222. The number of methoxy groups -OCH3 is 1. The molecule has 2 rings (SSSR count). The van der Waals surface area contributed by atoms with Gasteiger partial charge in [-0.05, 0) is 12.1 Å². The van der Waals surface area contributed by atoms with E-state index in [2.05, 4.69) is 4.98 Å². The second-order valence-corrected chi connectivity index (χ2v) is 3.73. The molecule has 13 heavy (non-hydrogen) atoms. The minimum absolute atomic E-state index is 0.489. The van der Waals surface area contributed by atoms with Gasteiger partial charge in [0.25, 0.3) is 0 Å². The summed E-state index contributed by atoms with van der Waals surface area (Å²) < 4.78 is 6.31. The first-order valence-corrected chi connectivity index (χ1v) is 4.79. The van der Waals surface area contributed by atoms with Crippen LogP contribution in [0.4, 0.5) is 0 Å². The van der Waals surface area contributed by atoms with Crippen molar-refractivity contribution in [1.29, 1.82) is 0 Å². The number of hydrogen-bond acceptors (Lipinski definition) is 4. The summed E-state index contributed by atoms with van der Waals surface area (Å²) in [6.45, 7) is 0.489. The summed E-state index contributed by atoms with van der Waals surface area (Å²) in [5.41, 5.74) is 6.42. The van der Waals surface area contributed by atoms with Gasteiger partial charge in [-0.3, -0.25) is 0 Å². The Morgan fingerprint density at radius 1 is 1.54 bits per heavy atom. The molecule has 2 N–H and O–H groups in total. The molecule has 0 saturated heterocycles. The number of hydrogen-bond donors (Lipinski definition) is 1. The molecule has 1 aromatic carbocycles. The maximum absolute atomic E-state index is 5.51. The Morgan fingerprint density at radius 3 is 3.08 bits per heavy atom. The van der Waals surface area contributed by atoms with Crippen molar-refractivity contribution in [2.24, 2.45) is 5.73 Å². The van der Waals surface area contributed by atoms with Gasteiger partial charge in [0, 0.05) is 6.54 Å². The summed E-state index contributed by atoms with van der Waals surface area (Å²) in [4.78, 5) is 4.37. The van der Waals surface area contributed by atoms with Gasteiger partial charge in [0.15, 0.2) is 0 Å². The molecule has 0 atom stereocenters. The molecular weight excluding hydrogens is 184 g/mol. The molecule has 0 saturated carbocycles. The van der Waals surface area contributed by atoms with E-state index in [0.29, 0.717) is 6.54 Å². The van der Waals surface area contributed by atoms with Crippen molar-refractivity contribution in [1.82, 2.24) is 4.98 Å². The van der Waals surface area contributed by atoms with Crippen LogP contribution < -0.4 is 10.5 Å². The fourth-order valence-corrected chi connectivity index (χ4v) is 2.08. The van der Waals surface area contributed by atoms with Crippen LogP contribution in [0.25, 0.3) is 10.2 Å². The molecular formula is C9H10N2OS. The Hall–Kier alpha value is -1.13. The van der Waals surface area contributed by atoms with Gasteiger partial charge in [0.2, 0.25) is 0 Å². The van der Waals surface area contributed by atoms with Crippen molar-refractivity contribution < 1.29 is 4.74 Å². The summed E-state index contributed by atoms with van der Waals surface area (Å²) in [7, 11) is 1.65. The number of nitrogens with zero attached hydrogens (tertiary/aromatic N) is 1. The van der Waals surface area contributed by atoms with Crippen molar-refractivity contribution >= 4 is 21.6 Å². The molecule has 2 aromatic rings. The number of ether oxygens (including phenoxy) is 1. The van der Waals surface area contributed by atoms with Crippen LogP contribution in [0.1, 0.15) is 5.01 Å². The van der Waals surface area contributed by atoms with Gasteiger partial charge in [-0.25, -0.2) is 4.98 Å². The third kappa shape index (κ3) is 1.38. The number of nitrogens with two attached hydrogens (primary N) is 1. The SMILES string of the molecule is COc1cccc2sc(CN)nc12. The van der Waals surface area contributed by atoms with Gasteiger partial charge >= 0.3 is 0 Å². The van der Waals surface area contributed by atoms with Gasteiger partial charge in [-0.15, -0.1) is 11.3 Å². The lowest BCUT2D eigenvalue weighted by Crippen LogP contribution is -1.94. The molecule has 68 valence electrons. The third-order valence-corrected chi connectivity index (χ3v) is 2.86. The Kier molecular flexibility index (Phi) is 2.16. The second kappa shape index (κ2) is 3.32. The number of benzene rings is 1. The summed E-state index contributed by atoms with van der Waals surface area (Å²) in [6.07, 6.45) is 0. The van der Waals surface area contributed by atoms with Crippen molar-refractivity contribution in [3.05, 3.63) is 23.2 Å². The molecule has 4 heteroatoms. The van der Waals surface area contributed by atoms with E-state index >= 15 is 0 Å². The van der Waals surface area contributed by atoms with E-state index in [4.69, 9.17) is 10.5 Å². The first-order chi connectivity index (χ1) is 6.35. The molecule has 0 aliphatic rings. The molecule has 1 aromatic heterocycles. The summed E-state index contributed by atoms with van der Waals surface area (Å²) in [6, 6.07) is 5.89. The lowest BCUT2D eigenvalue weighted by Gasteiger charge is -1.97. The number of fused-ring (bicyclic) bond motifs is 1. The highest BCUT2D eigenvalue weighted by Crippen LogP contribution is 2.28. The Bertz CT molecular complexity index is 424. The van der Waals surface area contributed by atoms with Crippen LogP contribution >= 0.6 is 11.3 Å². The largest absolute Gasteiger partial charge is 0.494 e.